The fourth-order valence-electron chi connectivity index (χ4n) is 2.47. The van der Waals surface area contributed by atoms with Crippen molar-refractivity contribution in [2.45, 2.75) is 32.6 Å². The van der Waals surface area contributed by atoms with Gasteiger partial charge in [0.25, 0.3) is 11.6 Å². The lowest BCUT2D eigenvalue weighted by atomic mass is 10.1. The predicted octanol–water partition coefficient (Wildman–Crippen LogP) is 4.10. The SMILES string of the molecule is Cc1ccc(C)c(SCC(=O)OCC(=O)Nc2c([N+](=O)[O-])ccc(C)c2C)c1. The third-order valence-corrected chi connectivity index (χ3v) is 5.36. The summed E-state index contributed by atoms with van der Waals surface area (Å²) in [5, 5.41) is 13.7. The Hall–Kier alpha value is -2.87. The average Bonchev–Trinajstić information content (AvgIpc) is 2.64. The molecular formula is C20H22N2O5S. The molecule has 0 bridgehead atoms. The molecule has 0 aliphatic heterocycles. The second-order valence-electron chi connectivity index (χ2n) is 6.43. The van der Waals surface area contributed by atoms with Crippen LogP contribution in [-0.2, 0) is 14.3 Å². The Balaban J connectivity index is 1.92. The van der Waals surface area contributed by atoms with Gasteiger partial charge in [0, 0.05) is 11.0 Å². The van der Waals surface area contributed by atoms with Crippen molar-refractivity contribution in [2.75, 3.05) is 17.7 Å². The molecule has 0 aliphatic carbocycles. The monoisotopic (exact) mass is 402 g/mol. The minimum absolute atomic E-state index is 0.0706. The van der Waals surface area contributed by atoms with Crippen molar-refractivity contribution in [3.63, 3.8) is 0 Å². The Kier molecular flexibility index (Phi) is 7.17. The lowest BCUT2D eigenvalue weighted by molar-refractivity contribution is -0.384. The number of nitrogens with zero attached hydrogens (tertiary/aromatic N) is 1. The van der Waals surface area contributed by atoms with E-state index in [2.05, 4.69) is 5.32 Å². The molecule has 1 amide bonds. The van der Waals surface area contributed by atoms with Gasteiger partial charge in [0.1, 0.15) is 5.69 Å². The van der Waals surface area contributed by atoms with Crippen molar-refractivity contribution in [3.8, 4) is 0 Å². The topological polar surface area (TPSA) is 98.5 Å². The van der Waals surface area contributed by atoms with Crippen molar-refractivity contribution in [1.29, 1.82) is 0 Å². The molecule has 7 nitrogen and oxygen atoms in total. The smallest absolute Gasteiger partial charge is 0.316 e. The number of ether oxygens (including phenoxy) is 1. The normalized spacial score (nSPS) is 10.4. The van der Waals surface area contributed by atoms with E-state index in [-0.39, 0.29) is 17.1 Å². The standard InChI is InChI=1S/C20H22N2O5S/c1-12-5-6-14(3)17(9-12)28-11-19(24)27-10-18(23)21-20-15(4)13(2)7-8-16(20)22(25)26/h5-9H,10-11H2,1-4H3,(H,21,23). The highest BCUT2D eigenvalue weighted by molar-refractivity contribution is 8.00. The van der Waals surface area contributed by atoms with Crippen molar-refractivity contribution < 1.29 is 19.2 Å². The van der Waals surface area contributed by atoms with Gasteiger partial charge in [-0.15, -0.1) is 11.8 Å². The van der Waals surface area contributed by atoms with Gasteiger partial charge < -0.3 is 10.1 Å². The Morgan fingerprint density at radius 1 is 1.11 bits per heavy atom. The van der Waals surface area contributed by atoms with Gasteiger partial charge in [-0.1, -0.05) is 23.8 Å². The Morgan fingerprint density at radius 2 is 1.79 bits per heavy atom. The first-order valence-electron chi connectivity index (χ1n) is 8.59. The molecule has 0 radical (unpaired) electrons. The summed E-state index contributed by atoms with van der Waals surface area (Å²) in [5.74, 6) is -1.08. The van der Waals surface area contributed by atoms with E-state index >= 15 is 0 Å². The first-order valence-corrected chi connectivity index (χ1v) is 9.57. The van der Waals surface area contributed by atoms with Crippen molar-refractivity contribution in [2.24, 2.45) is 0 Å². The highest BCUT2D eigenvalue weighted by Gasteiger charge is 2.20. The number of nitro groups is 1. The molecule has 148 valence electrons. The first-order chi connectivity index (χ1) is 13.2. The van der Waals surface area contributed by atoms with E-state index in [1.807, 2.05) is 32.0 Å². The van der Waals surface area contributed by atoms with E-state index in [1.54, 1.807) is 19.9 Å². The van der Waals surface area contributed by atoms with Gasteiger partial charge in [0.15, 0.2) is 6.61 Å². The summed E-state index contributed by atoms with van der Waals surface area (Å²) in [5.41, 5.74) is 3.48. The number of hydrogen-bond donors (Lipinski definition) is 1. The van der Waals surface area contributed by atoms with Crippen molar-refractivity contribution >= 4 is 35.0 Å². The van der Waals surface area contributed by atoms with Gasteiger partial charge in [0.05, 0.1) is 10.7 Å². The van der Waals surface area contributed by atoms with Crippen molar-refractivity contribution in [3.05, 3.63) is 62.7 Å². The van der Waals surface area contributed by atoms with Gasteiger partial charge in [0.2, 0.25) is 0 Å². The molecular weight excluding hydrogens is 380 g/mol. The van der Waals surface area contributed by atoms with E-state index < -0.39 is 23.4 Å². The Bertz CT molecular complexity index is 927. The van der Waals surface area contributed by atoms with Crippen LogP contribution in [-0.4, -0.2) is 29.2 Å². The molecule has 0 fully saturated rings. The molecule has 0 aliphatic rings. The second kappa shape index (κ2) is 9.36. The molecule has 0 atom stereocenters. The largest absolute Gasteiger partial charge is 0.455 e. The van der Waals surface area contributed by atoms with Crippen LogP contribution in [0.3, 0.4) is 0 Å². The van der Waals surface area contributed by atoms with Crippen LogP contribution in [0.5, 0.6) is 0 Å². The number of aryl methyl sites for hydroxylation is 3. The van der Waals surface area contributed by atoms with Crippen LogP contribution in [0.25, 0.3) is 0 Å². The third-order valence-electron chi connectivity index (χ3n) is 4.23. The number of rotatable bonds is 7. The highest BCUT2D eigenvalue weighted by Crippen LogP contribution is 2.30. The summed E-state index contributed by atoms with van der Waals surface area (Å²) in [7, 11) is 0. The van der Waals surface area contributed by atoms with Gasteiger partial charge in [-0.25, -0.2) is 0 Å². The number of thioether (sulfide) groups is 1. The Morgan fingerprint density at radius 3 is 2.46 bits per heavy atom. The van der Waals surface area contributed by atoms with E-state index in [0.717, 1.165) is 21.6 Å². The number of nitrogens with one attached hydrogen (secondary N) is 1. The van der Waals surface area contributed by atoms with Gasteiger partial charge in [-0.2, -0.15) is 0 Å². The third kappa shape index (κ3) is 5.56. The number of esters is 1. The van der Waals surface area contributed by atoms with Crippen LogP contribution < -0.4 is 5.32 Å². The van der Waals surface area contributed by atoms with Gasteiger partial charge in [-0.05, 0) is 50.5 Å². The molecule has 0 saturated heterocycles. The fraction of sp³-hybridized carbons (Fsp3) is 0.300. The zero-order valence-electron chi connectivity index (χ0n) is 16.2. The highest BCUT2D eigenvalue weighted by atomic mass is 32.2. The molecule has 0 spiro atoms. The van der Waals surface area contributed by atoms with Gasteiger partial charge in [-0.3, -0.25) is 19.7 Å². The summed E-state index contributed by atoms with van der Waals surface area (Å²) in [6.45, 7) is 6.90. The first kappa shape index (κ1) is 21.4. The van der Waals surface area contributed by atoms with Crippen molar-refractivity contribution in [1.82, 2.24) is 0 Å². The number of carbonyl (C=O) groups is 2. The molecule has 2 rings (SSSR count). The van der Waals surface area contributed by atoms with Crippen LogP contribution >= 0.6 is 11.8 Å². The Labute approximate surface area is 167 Å². The molecule has 2 aromatic carbocycles. The van der Waals surface area contributed by atoms with Gasteiger partial charge >= 0.3 is 5.97 Å². The molecule has 28 heavy (non-hydrogen) atoms. The predicted molar refractivity (Wildman–Crippen MR) is 109 cm³/mol. The van der Waals surface area contributed by atoms with E-state index in [4.69, 9.17) is 4.74 Å². The maximum absolute atomic E-state index is 12.1. The summed E-state index contributed by atoms with van der Waals surface area (Å²) in [6, 6.07) is 8.92. The maximum atomic E-state index is 12.1. The number of anilines is 1. The summed E-state index contributed by atoms with van der Waals surface area (Å²) in [6.07, 6.45) is 0. The number of hydrogen-bond acceptors (Lipinski definition) is 6. The number of nitro benzene ring substituents is 1. The second-order valence-corrected chi connectivity index (χ2v) is 7.44. The lowest BCUT2D eigenvalue weighted by Gasteiger charge is -2.11. The summed E-state index contributed by atoms with van der Waals surface area (Å²) < 4.78 is 5.00. The quantitative estimate of drug-likeness (QED) is 0.324. The molecule has 1 N–H and O–H groups in total. The zero-order chi connectivity index (χ0) is 20.8. The maximum Gasteiger partial charge on any atom is 0.316 e. The molecule has 2 aromatic rings. The summed E-state index contributed by atoms with van der Waals surface area (Å²) in [4.78, 5) is 35.6. The van der Waals surface area contributed by atoms with Crippen LogP contribution in [0.15, 0.2) is 35.2 Å². The summed E-state index contributed by atoms with van der Waals surface area (Å²) >= 11 is 1.34. The lowest BCUT2D eigenvalue weighted by Crippen LogP contribution is -2.22. The van der Waals surface area contributed by atoms with Crippen LogP contribution in [0.2, 0.25) is 0 Å². The molecule has 8 heteroatoms. The van der Waals surface area contributed by atoms with Crippen LogP contribution in [0, 0.1) is 37.8 Å². The molecule has 0 heterocycles. The minimum atomic E-state index is -0.623. The van der Waals surface area contributed by atoms with E-state index in [9.17, 15) is 19.7 Å². The fourth-order valence-corrected chi connectivity index (χ4v) is 3.40. The molecule has 0 saturated carbocycles. The zero-order valence-corrected chi connectivity index (χ0v) is 17.0. The number of amides is 1. The average molecular weight is 402 g/mol. The van der Waals surface area contributed by atoms with Crippen LogP contribution in [0.4, 0.5) is 11.4 Å². The minimum Gasteiger partial charge on any atom is -0.455 e. The van der Waals surface area contributed by atoms with E-state index in [1.165, 1.54) is 17.8 Å². The van der Waals surface area contributed by atoms with E-state index in [0.29, 0.717) is 5.56 Å². The van der Waals surface area contributed by atoms with Crippen LogP contribution in [0.1, 0.15) is 22.3 Å². The number of carbonyl (C=O) groups excluding carboxylic acids is 2. The molecule has 0 unspecified atom stereocenters. The number of benzene rings is 2. The molecule has 0 aromatic heterocycles.